The van der Waals surface area contributed by atoms with Crippen molar-refractivity contribution in [2.75, 3.05) is 13.6 Å². The van der Waals surface area contributed by atoms with E-state index in [1.54, 1.807) is 23.7 Å². The maximum Gasteiger partial charge on any atom is 0.250 e. The minimum atomic E-state index is -0.228. The Morgan fingerprint density at radius 1 is 1.21 bits per heavy atom. The van der Waals surface area contributed by atoms with Crippen LogP contribution in [-0.2, 0) is 6.54 Å². The Labute approximate surface area is 189 Å². The van der Waals surface area contributed by atoms with Crippen molar-refractivity contribution < 1.29 is 4.74 Å². The van der Waals surface area contributed by atoms with Crippen molar-refractivity contribution in [3.63, 3.8) is 0 Å². The van der Waals surface area contributed by atoms with Gasteiger partial charge in [0.1, 0.15) is 11.4 Å². The van der Waals surface area contributed by atoms with Crippen molar-refractivity contribution in [1.29, 1.82) is 0 Å². The molecule has 2 N–H and O–H groups in total. The van der Waals surface area contributed by atoms with Crippen LogP contribution in [0.4, 0.5) is 0 Å². The number of unbranched alkanes of at least 4 members (excludes halogenated alkanes) is 1. The largest absolute Gasteiger partial charge is 0.487 e. The van der Waals surface area contributed by atoms with E-state index in [1.807, 2.05) is 30.5 Å². The van der Waals surface area contributed by atoms with E-state index in [9.17, 15) is 4.79 Å². The lowest BCUT2D eigenvalue weighted by atomic mass is 9.90. The van der Waals surface area contributed by atoms with E-state index >= 15 is 0 Å². The van der Waals surface area contributed by atoms with Crippen LogP contribution in [0.3, 0.4) is 0 Å². The number of guanidine groups is 1. The van der Waals surface area contributed by atoms with Gasteiger partial charge in [-0.15, -0.1) is 24.0 Å². The molecule has 1 aromatic heterocycles. The molecule has 0 bridgehead atoms. The predicted molar refractivity (Wildman–Crippen MR) is 128 cm³/mol. The Kier molecular flexibility index (Phi) is 8.55. The first-order valence-electron chi connectivity index (χ1n) is 9.89. The number of pyridine rings is 1. The number of nitrogens with zero attached hydrogens (tertiary/aromatic N) is 2. The molecule has 0 radical (unpaired) electrons. The van der Waals surface area contributed by atoms with E-state index in [2.05, 4.69) is 35.5 Å². The number of ether oxygens (including phenoxy) is 1. The summed E-state index contributed by atoms with van der Waals surface area (Å²) in [4.78, 5) is 16.1. The van der Waals surface area contributed by atoms with Gasteiger partial charge in [0, 0.05) is 44.4 Å². The maximum absolute atomic E-state index is 11.7. The van der Waals surface area contributed by atoms with E-state index in [0.717, 1.165) is 49.6 Å². The number of rotatable bonds is 6. The van der Waals surface area contributed by atoms with Gasteiger partial charge in [0.05, 0.1) is 6.04 Å². The van der Waals surface area contributed by atoms with Gasteiger partial charge in [-0.3, -0.25) is 9.79 Å². The Morgan fingerprint density at radius 2 is 1.97 bits per heavy atom. The van der Waals surface area contributed by atoms with Crippen LogP contribution in [0.1, 0.15) is 44.7 Å². The minimum Gasteiger partial charge on any atom is -0.487 e. The third-order valence-electron chi connectivity index (χ3n) is 4.93. The van der Waals surface area contributed by atoms with Crippen LogP contribution >= 0.6 is 24.0 Å². The monoisotopic (exact) mass is 510 g/mol. The SMILES string of the molecule is CN=C(NCCCCn1ccccc1=O)NC1CC(C)(C)Oc2ccccc21.I. The first-order valence-corrected chi connectivity index (χ1v) is 9.89. The number of benzene rings is 1. The van der Waals surface area contributed by atoms with Gasteiger partial charge >= 0.3 is 0 Å². The van der Waals surface area contributed by atoms with Gasteiger partial charge in [0.15, 0.2) is 5.96 Å². The van der Waals surface area contributed by atoms with Crippen LogP contribution < -0.4 is 20.9 Å². The molecule has 3 rings (SSSR count). The molecular weight excluding hydrogens is 479 g/mol. The lowest BCUT2D eigenvalue weighted by Crippen LogP contribution is -2.45. The normalized spacial score (nSPS) is 17.5. The quantitative estimate of drug-likeness (QED) is 0.269. The molecule has 0 spiro atoms. The summed E-state index contributed by atoms with van der Waals surface area (Å²) in [7, 11) is 1.79. The minimum absolute atomic E-state index is 0. The van der Waals surface area contributed by atoms with Crippen LogP contribution in [0.25, 0.3) is 0 Å². The number of para-hydroxylation sites is 1. The third kappa shape index (κ3) is 6.48. The molecule has 1 aliphatic heterocycles. The van der Waals surface area contributed by atoms with Crippen LogP contribution in [0, 0.1) is 0 Å². The molecule has 0 fully saturated rings. The van der Waals surface area contributed by atoms with Crippen molar-refractivity contribution in [2.24, 2.45) is 4.99 Å². The van der Waals surface area contributed by atoms with Gasteiger partial charge < -0.3 is 19.9 Å². The van der Waals surface area contributed by atoms with Crippen molar-refractivity contribution >= 4 is 29.9 Å². The molecule has 1 atom stereocenters. The average molecular weight is 510 g/mol. The zero-order valence-electron chi connectivity index (χ0n) is 17.4. The Hall–Kier alpha value is -2.03. The molecule has 0 saturated heterocycles. The lowest BCUT2D eigenvalue weighted by Gasteiger charge is -2.38. The number of hydrogen-bond donors (Lipinski definition) is 2. The van der Waals surface area contributed by atoms with Crippen LogP contribution in [0.15, 0.2) is 58.4 Å². The zero-order chi connectivity index (χ0) is 20.0. The number of aryl methyl sites for hydroxylation is 1. The summed E-state index contributed by atoms with van der Waals surface area (Å²) in [5.41, 5.74) is 0.982. The number of aromatic nitrogens is 1. The summed E-state index contributed by atoms with van der Waals surface area (Å²) in [6.45, 7) is 5.75. The number of aliphatic imine (C=N–C) groups is 1. The van der Waals surface area contributed by atoms with Crippen LogP contribution in [0.2, 0.25) is 0 Å². The second kappa shape index (κ2) is 10.7. The highest BCUT2D eigenvalue weighted by molar-refractivity contribution is 14.0. The number of halogens is 1. The van der Waals surface area contributed by atoms with Gasteiger partial charge in [0.2, 0.25) is 5.56 Å². The molecule has 29 heavy (non-hydrogen) atoms. The summed E-state index contributed by atoms with van der Waals surface area (Å²) < 4.78 is 7.85. The fourth-order valence-corrected chi connectivity index (χ4v) is 3.55. The number of fused-ring (bicyclic) bond motifs is 1. The van der Waals surface area contributed by atoms with Crippen LogP contribution in [0.5, 0.6) is 5.75 Å². The summed E-state index contributed by atoms with van der Waals surface area (Å²) >= 11 is 0. The number of nitrogens with one attached hydrogen (secondary N) is 2. The van der Waals surface area contributed by atoms with Crippen LogP contribution in [-0.4, -0.2) is 29.7 Å². The highest BCUT2D eigenvalue weighted by atomic mass is 127. The smallest absolute Gasteiger partial charge is 0.250 e. The molecule has 2 aromatic rings. The van der Waals surface area contributed by atoms with Crippen molar-refractivity contribution in [3.05, 3.63) is 64.6 Å². The summed E-state index contributed by atoms with van der Waals surface area (Å²) in [6, 6.07) is 13.6. The molecule has 0 amide bonds. The predicted octanol–water partition coefficient (Wildman–Crippen LogP) is 3.71. The second-order valence-electron chi connectivity index (χ2n) is 7.74. The van der Waals surface area contributed by atoms with E-state index in [1.165, 1.54) is 0 Å². The molecule has 2 heterocycles. The van der Waals surface area contributed by atoms with E-state index in [-0.39, 0.29) is 41.2 Å². The third-order valence-corrected chi connectivity index (χ3v) is 4.93. The molecule has 1 aliphatic rings. The van der Waals surface area contributed by atoms with Gasteiger partial charge in [0.25, 0.3) is 0 Å². The average Bonchev–Trinajstić information content (AvgIpc) is 2.67. The molecule has 0 saturated carbocycles. The van der Waals surface area contributed by atoms with E-state index < -0.39 is 0 Å². The maximum atomic E-state index is 11.7. The Bertz CT molecular complexity index is 879. The highest BCUT2D eigenvalue weighted by Crippen LogP contribution is 2.39. The second-order valence-corrected chi connectivity index (χ2v) is 7.74. The molecule has 6 nitrogen and oxygen atoms in total. The summed E-state index contributed by atoms with van der Waals surface area (Å²) in [6.07, 6.45) is 4.58. The van der Waals surface area contributed by atoms with E-state index in [4.69, 9.17) is 4.74 Å². The highest BCUT2D eigenvalue weighted by Gasteiger charge is 2.33. The zero-order valence-corrected chi connectivity index (χ0v) is 19.7. The lowest BCUT2D eigenvalue weighted by molar-refractivity contribution is 0.0694. The van der Waals surface area contributed by atoms with Gasteiger partial charge in [-0.25, -0.2) is 0 Å². The first kappa shape index (κ1) is 23.3. The fraction of sp³-hybridized carbons (Fsp3) is 0.455. The number of hydrogen-bond acceptors (Lipinski definition) is 3. The molecular formula is C22H31IN4O2. The molecule has 7 heteroatoms. The van der Waals surface area contributed by atoms with E-state index in [0.29, 0.717) is 0 Å². The molecule has 158 valence electrons. The molecule has 1 unspecified atom stereocenters. The fourth-order valence-electron chi connectivity index (χ4n) is 3.55. The van der Waals surface area contributed by atoms with Gasteiger partial charge in [-0.2, -0.15) is 0 Å². The Balaban J connectivity index is 0.00000300. The summed E-state index contributed by atoms with van der Waals surface area (Å²) in [5.74, 6) is 1.72. The standard InChI is InChI=1S/C22H30N4O2.HI/c1-22(2)16-18(17-10-4-5-11-19(17)28-22)25-21(23-3)24-13-7-9-15-26-14-8-6-12-20(26)27;/h4-6,8,10-12,14,18H,7,9,13,15-16H2,1-3H3,(H2,23,24,25);1H. The molecule has 0 aliphatic carbocycles. The van der Waals surface area contributed by atoms with Crippen molar-refractivity contribution in [2.45, 2.75) is 51.3 Å². The molecule has 1 aromatic carbocycles. The first-order chi connectivity index (χ1) is 13.5. The van der Waals surface area contributed by atoms with Crippen molar-refractivity contribution in [3.8, 4) is 5.75 Å². The van der Waals surface area contributed by atoms with Gasteiger partial charge in [-0.1, -0.05) is 24.3 Å². The summed E-state index contributed by atoms with van der Waals surface area (Å²) in [5, 5.41) is 6.93. The topological polar surface area (TPSA) is 67.7 Å². The van der Waals surface area contributed by atoms with Gasteiger partial charge in [-0.05, 0) is 38.8 Å². The van der Waals surface area contributed by atoms with Crippen molar-refractivity contribution in [1.82, 2.24) is 15.2 Å². The Morgan fingerprint density at radius 3 is 2.72 bits per heavy atom.